The van der Waals surface area contributed by atoms with Gasteiger partial charge in [-0.15, -0.1) is 0 Å². The molecule has 0 aliphatic carbocycles. The molecule has 5 heteroatoms. The Labute approximate surface area is 124 Å². The van der Waals surface area contributed by atoms with Gasteiger partial charge in [0.05, 0.1) is 18.3 Å². The second-order valence-electron chi connectivity index (χ2n) is 4.76. The minimum absolute atomic E-state index is 0.153. The standard InChI is InChI=1S/C16H18N4O/c1-12-5-6-15(14(8-12)4-3-7-17)16(21)18-9-13-10-19-20(2)11-13/h5-6,8,10-11H,7,9,17H2,1-2H3,(H,18,21). The fourth-order valence-electron chi connectivity index (χ4n) is 1.95. The van der Waals surface area contributed by atoms with Crippen LogP contribution in [0.2, 0.25) is 0 Å². The molecule has 0 saturated heterocycles. The third-order valence-electron chi connectivity index (χ3n) is 2.96. The Hall–Kier alpha value is -2.58. The normalized spacial score (nSPS) is 9.86. The van der Waals surface area contributed by atoms with Crippen LogP contribution >= 0.6 is 0 Å². The monoisotopic (exact) mass is 282 g/mol. The van der Waals surface area contributed by atoms with Crippen molar-refractivity contribution in [2.24, 2.45) is 12.8 Å². The molecule has 5 nitrogen and oxygen atoms in total. The van der Waals surface area contributed by atoms with Gasteiger partial charge in [0, 0.05) is 30.9 Å². The van der Waals surface area contributed by atoms with Crippen molar-refractivity contribution in [1.82, 2.24) is 15.1 Å². The van der Waals surface area contributed by atoms with Gasteiger partial charge in [0.15, 0.2) is 0 Å². The first-order chi connectivity index (χ1) is 10.1. The molecule has 1 amide bonds. The number of rotatable bonds is 3. The van der Waals surface area contributed by atoms with E-state index in [1.807, 2.05) is 32.3 Å². The number of aromatic nitrogens is 2. The summed E-state index contributed by atoms with van der Waals surface area (Å²) in [6.07, 6.45) is 3.59. The predicted molar refractivity (Wildman–Crippen MR) is 81.5 cm³/mol. The Balaban J connectivity index is 2.14. The SMILES string of the molecule is Cc1ccc(C(=O)NCc2cnn(C)c2)c(C#CCN)c1. The van der Waals surface area contributed by atoms with Crippen LogP contribution in [0.1, 0.15) is 27.0 Å². The molecule has 3 N–H and O–H groups in total. The number of nitrogens with two attached hydrogens (primary N) is 1. The van der Waals surface area contributed by atoms with Crippen molar-refractivity contribution in [2.75, 3.05) is 6.54 Å². The van der Waals surface area contributed by atoms with Crippen LogP contribution in [0, 0.1) is 18.8 Å². The fourth-order valence-corrected chi connectivity index (χ4v) is 1.95. The Kier molecular flexibility index (Phi) is 4.75. The summed E-state index contributed by atoms with van der Waals surface area (Å²) in [6.45, 7) is 2.67. The van der Waals surface area contributed by atoms with Crippen LogP contribution in [0.3, 0.4) is 0 Å². The smallest absolute Gasteiger partial charge is 0.252 e. The summed E-state index contributed by atoms with van der Waals surface area (Å²) in [5.74, 6) is 5.58. The van der Waals surface area contributed by atoms with Gasteiger partial charge in [-0.1, -0.05) is 17.9 Å². The summed E-state index contributed by atoms with van der Waals surface area (Å²) in [4.78, 5) is 12.3. The molecule has 108 valence electrons. The van der Waals surface area contributed by atoms with E-state index in [-0.39, 0.29) is 12.5 Å². The van der Waals surface area contributed by atoms with Crippen molar-refractivity contribution >= 4 is 5.91 Å². The van der Waals surface area contributed by atoms with Crippen molar-refractivity contribution in [2.45, 2.75) is 13.5 Å². The number of nitrogens with one attached hydrogen (secondary N) is 1. The van der Waals surface area contributed by atoms with Gasteiger partial charge in [0.1, 0.15) is 0 Å². The van der Waals surface area contributed by atoms with Crippen molar-refractivity contribution < 1.29 is 4.79 Å². The zero-order valence-electron chi connectivity index (χ0n) is 12.2. The molecule has 2 rings (SSSR count). The van der Waals surface area contributed by atoms with Crippen LogP contribution in [-0.2, 0) is 13.6 Å². The second kappa shape index (κ2) is 6.73. The Morgan fingerprint density at radius 1 is 1.48 bits per heavy atom. The molecular weight excluding hydrogens is 264 g/mol. The van der Waals surface area contributed by atoms with Crippen LogP contribution in [0.15, 0.2) is 30.6 Å². The molecule has 0 atom stereocenters. The van der Waals surface area contributed by atoms with Gasteiger partial charge in [-0.05, 0) is 24.6 Å². The minimum Gasteiger partial charge on any atom is -0.348 e. The van der Waals surface area contributed by atoms with Gasteiger partial charge < -0.3 is 11.1 Å². The lowest BCUT2D eigenvalue weighted by Crippen LogP contribution is -2.23. The molecule has 0 radical (unpaired) electrons. The second-order valence-corrected chi connectivity index (χ2v) is 4.76. The summed E-state index contributed by atoms with van der Waals surface area (Å²) in [7, 11) is 1.84. The molecule has 1 aromatic heterocycles. The van der Waals surface area contributed by atoms with E-state index in [2.05, 4.69) is 22.3 Å². The average Bonchev–Trinajstić information content (AvgIpc) is 2.88. The maximum Gasteiger partial charge on any atom is 0.252 e. The van der Waals surface area contributed by atoms with Crippen molar-refractivity contribution in [3.05, 3.63) is 52.8 Å². The summed E-state index contributed by atoms with van der Waals surface area (Å²) < 4.78 is 1.70. The first kappa shape index (κ1) is 14.8. The first-order valence-electron chi connectivity index (χ1n) is 6.65. The van der Waals surface area contributed by atoms with Crippen LogP contribution in [0.4, 0.5) is 0 Å². The molecule has 0 unspecified atom stereocenters. The Morgan fingerprint density at radius 2 is 2.29 bits per heavy atom. The predicted octanol–water partition coefficient (Wildman–Crippen LogP) is 0.969. The summed E-state index contributed by atoms with van der Waals surface area (Å²) in [6, 6.07) is 5.57. The fraction of sp³-hybridized carbons (Fsp3) is 0.250. The molecule has 0 aliphatic heterocycles. The summed E-state index contributed by atoms with van der Waals surface area (Å²) in [5, 5.41) is 6.94. The number of carbonyl (C=O) groups excluding carboxylic acids is 1. The van der Waals surface area contributed by atoms with Gasteiger partial charge in [-0.25, -0.2) is 0 Å². The molecule has 1 heterocycles. The first-order valence-corrected chi connectivity index (χ1v) is 6.65. The molecule has 2 aromatic rings. The van der Waals surface area contributed by atoms with E-state index in [4.69, 9.17) is 5.73 Å². The third-order valence-corrected chi connectivity index (χ3v) is 2.96. The molecule has 0 bridgehead atoms. The number of nitrogens with zero attached hydrogens (tertiary/aromatic N) is 2. The lowest BCUT2D eigenvalue weighted by Gasteiger charge is -2.07. The highest BCUT2D eigenvalue weighted by molar-refractivity contribution is 5.96. The summed E-state index contributed by atoms with van der Waals surface area (Å²) in [5.41, 5.74) is 8.66. The van der Waals surface area contributed by atoms with Gasteiger partial charge >= 0.3 is 0 Å². The highest BCUT2D eigenvalue weighted by Gasteiger charge is 2.10. The summed E-state index contributed by atoms with van der Waals surface area (Å²) >= 11 is 0. The van der Waals surface area contributed by atoms with E-state index in [0.717, 1.165) is 11.1 Å². The van der Waals surface area contributed by atoms with Gasteiger partial charge in [-0.3, -0.25) is 9.48 Å². The maximum atomic E-state index is 12.3. The zero-order chi connectivity index (χ0) is 15.2. The Morgan fingerprint density at radius 3 is 2.95 bits per heavy atom. The van der Waals surface area contributed by atoms with E-state index < -0.39 is 0 Å². The highest BCUT2D eigenvalue weighted by Crippen LogP contribution is 2.11. The number of hydrogen-bond acceptors (Lipinski definition) is 3. The van der Waals surface area contributed by atoms with E-state index in [1.165, 1.54) is 0 Å². The van der Waals surface area contributed by atoms with Gasteiger partial charge in [-0.2, -0.15) is 5.10 Å². The molecule has 0 aliphatic rings. The van der Waals surface area contributed by atoms with E-state index in [1.54, 1.807) is 16.9 Å². The molecular formula is C16H18N4O. The van der Waals surface area contributed by atoms with Crippen molar-refractivity contribution in [3.63, 3.8) is 0 Å². The lowest BCUT2D eigenvalue weighted by molar-refractivity contribution is 0.0950. The quantitative estimate of drug-likeness (QED) is 0.824. The van der Waals surface area contributed by atoms with Crippen LogP contribution in [0.5, 0.6) is 0 Å². The van der Waals surface area contributed by atoms with Crippen molar-refractivity contribution in [1.29, 1.82) is 0 Å². The van der Waals surface area contributed by atoms with Crippen LogP contribution < -0.4 is 11.1 Å². The molecule has 0 saturated carbocycles. The minimum atomic E-state index is -0.153. The number of aryl methyl sites for hydroxylation is 2. The largest absolute Gasteiger partial charge is 0.348 e. The number of benzene rings is 1. The lowest BCUT2D eigenvalue weighted by atomic mass is 10.0. The van der Waals surface area contributed by atoms with Crippen LogP contribution in [-0.4, -0.2) is 22.2 Å². The van der Waals surface area contributed by atoms with E-state index in [9.17, 15) is 4.79 Å². The molecule has 0 fully saturated rings. The topological polar surface area (TPSA) is 72.9 Å². The number of hydrogen-bond donors (Lipinski definition) is 2. The third kappa shape index (κ3) is 3.94. The van der Waals surface area contributed by atoms with Crippen molar-refractivity contribution in [3.8, 4) is 11.8 Å². The Bertz CT molecular complexity index is 707. The molecule has 0 spiro atoms. The molecule has 21 heavy (non-hydrogen) atoms. The highest BCUT2D eigenvalue weighted by atomic mass is 16.1. The number of carbonyl (C=O) groups is 1. The average molecular weight is 282 g/mol. The van der Waals surface area contributed by atoms with Crippen LogP contribution in [0.25, 0.3) is 0 Å². The maximum absolute atomic E-state index is 12.3. The zero-order valence-corrected chi connectivity index (χ0v) is 12.2. The van der Waals surface area contributed by atoms with Gasteiger partial charge in [0.2, 0.25) is 0 Å². The van der Waals surface area contributed by atoms with E-state index >= 15 is 0 Å². The molecule has 1 aromatic carbocycles. The van der Waals surface area contributed by atoms with E-state index in [0.29, 0.717) is 17.7 Å². The van der Waals surface area contributed by atoms with Gasteiger partial charge in [0.25, 0.3) is 5.91 Å². The number of amides is 1.